The van der Waals surface area contributed by atoms with Gasteiger partial charge in [-0.05, 0) is 49.2 Å². The summed E-state index contributed by atoms with van der Waals surface area (Å²) < 4.78 is 13.2. The standard InChI is InChI=1S/C14H19FN2/c15-12-4-5-13-11(8-12)9-16-10-14(13)17-6-2-1-3-7-17/h4-5,8,14,16H,1-3,6-7,9-10H2/t14-/m1/s1. The average molecular weight is 234 g/mol. The molecule has 0 aliphatic carbocycles. The molecule has 2 aliphatic heterocycles. The summed E-state index contributed by atoms with van der Waals surface area (Å²) in [5, 5.41) is 3.41. The van der Waals surface area contributed by atoms with Crippen LogP contribution in [0.1, 0.15) is 36.4 Å². The third-order valence-electron chi connectivity index (χ3n) is 3.95. The van der Waals surface area contributed by atoms with Crippen molar-refractivity contribution < 1.29 is 4.39 Å². The van der Waals surface area contributed by atoms with E-state index < -0.39 is 0 Å². The summed E-state index contributed by atoms with van der Waals surface area (Å²) >= 11 is 0. The minimum atomic E-state index is -0.121. The van der Waals surface area contributed by atoms with Crippen molar-refractivity contribution in [2.24, 2.45) is 0 Å². The van der Waals surface area contributed by atoms with Crippen LogP contribution < -0.4 is 5.32 Å². The SMILES string of the molecule is Fc1ccc2c(c1)CNC[C@H]2N1CCCCC1. The van der Waals surface area contributed by atoms with Gasteiger partial charge in [-0.15, -0.1) is 0 Å². The van der Waals surface area contributed by atoms with Crippen LogP contribution in [0.2, 0.25) is 0 Å². The van der Waals surface area contributed by atoms with E-state index in [1.807, 2.05) is 6.07 Å². The van der Waals surface area contributed by atoms with E-state index in [-0.39, 0.29) is 5.82 Å². The van der Waals surface area contributed by atoms with E-state index in [1.165, 1.54) is 37.9 Å². The van der Waals surface area contributed by atoms with Gasteiger partial charge in [-0.2, -0.15) is 0 Å². The van der Waals surface area contributed by atoms with Crippen molar-refractivity contribution >= 4 is 0 Å². The van der Waals surface area contributed by atoms with Crippen LogP contribution in [0, 0.1) is 5.82 Å². The summed E-state index contributed by atoms with van der Waals surface area (Å²) in [6.07, 6.45) is 3.95. The van der Waals surface area contributed by atoms with Gasteiger partial charge in [-0.25, -0.2) is 4.39 Å². The zero-order chi connectivity index (χ0) is 11.7. The second-order valence-corrected chi connectivity index (χ2v) is 5.09. The number of hydrogen-bond acceptors (Lipinski definition) is 2. The number of likely N-dealkylation sites (tertiary alicyclic amines) is 1. The Labute approximate surface area is 102 Å². The van der Waals surface area contributed by atoms with Gasteiger partial charge in [0.05, 0.1) is 0 Å². The molecule has 92 valence electrons. The molecular weight excluding hydrogens is 215 g/mol. The molecule has 1 N–H and O–H groups in total. The highest BCUT2D eigenvalue weighted by molar-refractivity contribution is 5.33. The van der Waals surface area contributed by atoms with Gasteiger partial charge in [0.1, 0.15) is 5.82 Å². The quantitative estimate of drug-likeness (QED) is 0.803. The molecule has 0 amide bonds. The lowest BCUT2D eigenvalue weighted by atomic mass is 9.94. The molecule has 1 aromatic rings. The molecule has 0 unspecified atom stereocenters. The number of nitrogens with one attached hydrogen (secondary N) is 1. The van der Waals surface area contributed by atoms with Crippen LogP contribution in [0.5, 0.6) is 0 Å². The number of halogens is 1. The van der Waals surface area contributed by atoms with Crippen LogP contribution in [-0.4, -0.2) is 24.5 Å². The third kappa shape index (κ3) is 2.22. The molecule has 2 heterocycles. The van der Waals surface area contributed by atoms with E-state index in [0.29, 0.717) is 6.04 Å². The molecule has 3 rings (SSSR count). The first kappa shape index (κ1) is 11.2. The number of rotatable bonds is 1. The normalized spacial score (nSPS) is 25.6. The zero-order valence-corrected chi connectivity index (χ0v) is 10.1. The largest absolute Gasteiger partial charge is 0.311 e. The average Bonchev–Trinajstić information content (AvgIpc) is 2.39. The highest BCUT2D eigenvalue weighted by Crippen LogP contribution is 2.29. The molecule has 2 nitrogen and oxygen atoms in total. The number of hydrogen-bond donors (Lipinski definition) is 1. The molecule has 3 heteroatoms. The van der Waals surface area contributed by atoms with Gasteiger partial charge < -0.3 is 5.32 Å². The van der Waals surface area contributed by atoms with Crippen LogP contribution >= 0.6 is 0 Å². The summed E-state index contributed by atoms with van der Waals surface area (Å²) in [7, 11) is 0. The monoisotopic (exact) mass is 234 g/mol. The summed E-state index contributed by atoms with van der Waals surface area (Å²) in [5.74, 6) is -0.121. The highest BCUT2D eigenvalue weighted by atomic mass is 19.1. The molecule has 0 bridgehead atoms. The predicted molar refractivity (Wildman–Crippen MR) is 66.3 cm³/mol. The Morgan fingerprint density at radius 1 is 1.18 bits per heavy atom. The molecule has 0 aromatic heterocycles. The fourth-order valence-electron chi connectivity index (χ4n) is 3.06. The minimum absolute atomic E-state index is 0.121. The lowest BCUT2D eigenvalue weighted by Crippen LogP contribution is -2.42. The first-order chi connectivity index (χ1) is 8.34. The van der Waals surface area contributed by atoms with Gasteiger partial charge >= 0.3 is 0 Å². The van der Waals surface area contributed by atoms with Crippen LogP contribution in [0.15, 0.2) is 18.2 Å². The fraction of sp³-hybridized carbons (Fsp3) is 0.571. The molecule has 0 saturated carbocycles. The van der Waals surface area contributed by atoms with E-state index in [0.717, 1.165) is 18.7 Å². The van der Waals surface area contributed by atoms with Gasteiger partial charge in [-0.3, -0.25) is 4.90 Å². The fourth-order valence-corrected chi connectivity index (χ4v) is 3.06. The second-order valence-electron chi connectivity index (χ2n) is 5.09. The number of piperidine rings is 1. The molecule has 1 atom stereocenters. The lowest BCUT2D eigenvalue weighted by molar-refractivity contribution is 0.154. The first-order valence-corrected chi connectivity index (χ1v) is 6.58. The van der Waals surface area contributed by atoms with Crippen molar-refractivity contribution in [3.05, 3.63) is 35.1 Å². The maximum absolute atomic E-state index is 13.2. The topological polar surface area (TPSA) is 15.3 Å². The van der Waals surface area contributed by atoms with Crippen molar-refractivity contribution in [3.8, 4) is 0 Å². The van der Waals surface area contributed by atoms with Gasteiger partial charge in [0.2, 0.25) is 0 Å². The van der Waals surface area contributed by atoms with Crippen molar-refractivity contribution in [2.45, 2.75) is 31.8 Å². The van der Waals surface area contributed by atoms with E-state index in [9.17, 15) is 4.39 Å². The first-order valence-electron chi connectivity index (χ1n) is 6.58. The summed E-state index contributed by atoms with van der Waals surface area (Å²) in [5.41, 5.74) is 2.46. The molecule has 0 radical (unpaired) electrons. The Morgan fingerprint density at radius 3 is 2.82 bits per heavy atom. The summed E-state index contributed by atoms with van der Waals surface area (Å²) in [4.78, 5) is 2.55. The van der Waals surface area contributed by atoms with Crippen LogP contribution in [-0.2, 0) is 6.54 Å². The van der Waals surface area contributed by atoms with E-state index in [4.69, 9.17) is 0 Å². The second kappa shape index (κ2) is 4.75. The Kier molecular flexibility index (Phi) is 3.12. The molecule has 1 fully saturated rings. The Hall–Kier alpha value is -0.930. The number of benzene rings is 1. The molecule has 2 aliphatic rings. The third-order valence-corrected chi connectivity index (χ3v) is 3.95. The van der Waals surface area contributed by atoms with Crippen LogP contribution in [0.25, 0.3) is 0 Å². The van der Waals surface area contributed by atoms with Crippen molar-refractivity contribution in [1.29, 1.82) is 0 Å². The highest BCUT2D eigenvalue weighted by Gasteiger charge is 2.26. The zero-order valence-electron chi connectivity index (χ0n) is 10.1. The van der Waals surface area contributed by atoms with Crippen molar-refractivity contribution in [3.63, 3.8) is 0 Å². The van der Waals surface area contributed by atoms with Crippen molar-refractivity contribution in [1.82, 2.24) is 10.2 Å². The van der Waals surface area contributed by atoms with Gasteiger partial charge in [0.15, 0.2) is 0 Å². The van der Waals surface area contributed by atoms with Gasteiger partial charge in [-0.1, -0.05) is 12.5 Å². The summed E-state index contributed by atoms with van der Waals surface area (Å²) in [6, 6.07) is 5.70. The van der Waals surface area contributed by atoms with Gasteiger partial charge in [0.25, 0.3) is 0 Å². The lowest BCUT2D eigenvalue weighted by Gasteiger charge is -2.38. The Balaban J connectivity index is 1.88. The molecular formula is C14H19FN2. The molecule has 1 saturated heterocycles. The maximum Gasteiger partial charge on any atom is 0.123 e. The van der Waals surface area contributed by atoms with Crippen LogP contribution in [0.4, 0.5) is 4.39 Å². The van der Waals surface area contributed by atoms with E-state index in [1.54, 1.807) is 12.1 Å². The maximum atomic E-state index is 13.2. The Morgan fingerprint density at radius 2 is 2.00 bits per heavy atom. The minimum Gasteiger partial charge on any atom is -0.311 e. The molecule has 1 aromatic carbocycles. The number of fused-ring (bicyclic) bond motifs is 1. The van der Waals surface area contributed by atoms with E-state index in [2.05, 4.69) is 10.2 Å². The number of nitrogens with zero attached hydrogens (tertiary/aromatic N) is 1. The predicted octanol–water partition coefficient (Wildman–Crippen LogP) is 2.46. The van der Waals surface area contributed by atoms with Crippen LogP contribution in [0.3, 0.4) is 0 Å². The van der Waals surface area contributed by atoms with E-state index >= 15 is 0 Å². The smallest absolute Gasteiger partial charge is 0.123 e. The van der Waals surface area contributed by atoms with Crippen molar-refractivity contribution in [2.75, 3.05) is 19.6 Å². The molecule has 17 heavy (non-hydrogen) atoms. The molecule has 0 spiro atoms. The van der Waals surface area contributed by atoms with Gasteiger partial charge in [0, 0.05) is 19.1 Å². The summed E-state index contributed by atoms with van der Waals surface area (Å²) in [6.45, 7) is 4.17. The Bertz CT molecular complexity index is 399.